The van der Waals surface area contributed by atoms with E-state index < -0.39 is 27.8 Å². The Morgan fingerprint density at radius 3 is 2.60 bits per heavy atom. The first kappa shape index (κ1) is 14.8. The number of hydrogen-bond donors (Lipinski definition) is 3. The molecule has 3 amide bonds. The number of hydrogen-bond acceptors (Lipinski definition) is 5. The normalized spacial score (nSPS) is 24.2. The Labute approximate surface area is 120 Å². The maximum absolute atomic E-state index is 11.8. The molecule has 0 bridgehead atoms. The summed E-state index contributed by atoms with van der Waals surface area (Å²) >= 11 is 1.13. The summed E-state index contributed by atoms with van der Waals surface area (Å²) in [5, 5.41) is 6.77. The third-order valence-electron chi connectivity index (χ3n) is 3.05. The summed E-state index contributed by atoms with van der Waals surface area (Å²) in [4.78, 5) is 23.1. The molecule has 1 aromatic rings. The first-order chi connectivity index (χ1) is 9.27. The number of primary amides is 1. The second kappa shape index (κ2) is 5.41. The number of nitrogens with two attached hydrogens (primary N) is 1. The van der Waals surface area contributed by atoms with E-state index in [1.54, 1.807) is 12.3 Å². The summed E-state index contributed by atoms with van der Waals surface area (Å²) in [7, 11) is -3.07. The molecule has 4 N–H and O–H groups in total. The fraction of sp³-hybridized carbons (Fsp3) is 0.455. The van der Waals surface area contributed by atoms with Gasteiger partial charge in [0, 0.05) is 11.4 Å². The van der Waals surface area contributed by atoms with Gasteiger partial charge in [-0.2, -0.15) is 0 Å². The number of carbonyl (C=O) groups is 2. The van der Waals surface area contributed by atoms with Gasteiger partial charge >= 0.3 is 6.03 Å². The highest BCUT2D eigenvalue weighted by Gasteiger charge is 2.35. The van der Waals surface area contributed by atoms with E-state index >= 15 is 0 Å². The third-order valence-corrected chi connectivity index (χ3v) is 5.90. The first-order valence-electron chi connectivity index (χ1n) is 5.93. The molecule has 7 nitrogen and oxygen atoms in total. The van der Waals surface area contributed by atoms with Crippen LogP contribution in [0.5, 0.6) is 0 Å². The molecule has 2 rings (SSSR count). The van der Waals surface area contributed by atoms with Gasteiger partial charge in [0.15, 0.2) is 9.84 Å². The Balaban J connectivity index is 1.94. The molecule has 0 saturated carbocycles. The van der Waals surface area contributed by atoms with Gasteiger partial charge in [0.25, 0.3) is 5.91 Å². The van der Waals surface area contributed by atoms with E-state index in [2.05, 4.69) is 10.6 Å². The molecule has 1 saturated heterocycles. The predicted molar refractivity (Wildman–Crippen MR) is 76.6 cm³/mol. The van der Waals surface area contributed by atoms with Crippen LogP contribution >= 0.6 is 11.3 Å². The highest BCUT2D eigenvalue weighted by molar-refractivity contribution is 7.91. The second-order valence-corrected chi connectivity index (χ2v) is 7.89. The average Bonchev–Trinajstić information content (AvgIpc) is 2.84. The molecule has 1 aliphatic rings. The van der Waals surface area contributed by atoms with Crippen LogP contribution in [-0.4, -0.2) is 37.9 Å². The van der Waals surface area contributed by atoms with Crippen molar-refractivity contribution in [2.45, 2.75) is 13.0 Å². The number of amides is 3. The van der Waals surface area contributed by atoms with E-state index in [1.807, 2.05) is 0 Å². The molecule has 20 heavy (non-hydrogen) atoms. The van der Waals surface area contributed by atoms with Crippen molar-refractivity contribution in [2.75, 3.05) is 16.8 Å². The molecule has 1 aliphatic heterocycles. The van der Waals surface area contributed by atoms with Crippen LogP contribution in [0, 0.1) is 5.92 Å². The molecule has 110 valence electrons. The molecule has 0 aliphatic carbocycles. The largest absolute Gasteiger partial charge is 0.365 e. The van der Waals surface area contributed by atoms with E-state index in [1.165, 1.54) is 6.07 Å². The minimum absolute atomic E-state index is 0.0439. The van der Waals surface area contributed by atoms with Crippen molar-refractivity contribution >= 4 is 38.8 Å². The number of sulfone groups is 1. The summed E-state index contributed by atoms with van der Waals surface area (Å²) < 4.78 is 22.9. The molecule has 0 radical (unpaired) electrons. The maximum Gasteiger partial charge on any atom is 0.319 e. The lowest BCUT2D eigenvalue weighted by atomic mass is 10.1. The van der Waals surface area contributed by atoms with Crippen molar-refractivity contribution in [3.05, 3.63) is 16.3 Å². The topological polar surface area (TPSA) is 118 Å². The van der Waals surface area contributed by atoms with Gasteiger partial charge in [-0.05, 0) is 12.0 Å². The lowest BCUT2D eigenvalue weighted by Crippen LogP contribution is -2.41. The minimum atomic E-state index is -3.07. The average molecular weight is 317 g/mol. The summed E-state index contributed by atoms with van der Waals surface area (Å²) in [6.07, 6.45) is 0. The highest BCUT2D eigenvalue weighted by Crippen LogP contribution is 2.20. The smallest absolute Gasteiger partial charge is 0.319 e. The van der Waals surface area contributed by atoms with Crippen LogP contribution in [0.15, 0.2) is 11.4 Å². The highest BCUT2D eigenvalue weighted by atomic mass is 32.2. The fourth-order valence-electron chi connectivity index (χ4n) is 2.07. The zero-order valence-corrected chi connectivity index (χ0v) is 12.4. The van der Waals surface area contributed by atoms with Gasteiger partial charge in [-0.25, -0.2) is 13.2 Å². The summed E-state index contributed by atoms with van der Waals surface area (Å²) in [5.41, 5.74) is 5.57. The number of anilines is 1. The van der Waals surface area contributed by atoms with Gasteiger partial charge in [-0.3, -0.25) is 4.79 Å². The molecule has 0 spiro atoms. The molecular weight excluding hydrogens is 302 g/mol. The molecule has 1 aromatic heterocycles. The van der Waals surface area contributed by atoms with E-state index in [0.717, 1.165) is 11.3 Å². The molecular formula is C11H15N3O4S2. The molecule has 0 unspecified atom stereocenters. The first-order valence-corrected chi connectivity index (χ1v) is 8.63. The lowest BCUT2D eigenvalue weighted by Gasteiger charge is -2.15. The number of carbonyl (C=O) groups excluding carboxylic acids is 2. The second-order valence-electron chi connectivity index (χ2n) is 4.82. The van der Waals surface area contributed by atoms with Gasteiger partial charge in [-0.15, -0.1) is 11.3 Å². The van der Waals surface area contributed by atoms with Crippen LogP contribution < -0.4 is 16.4 Å². The Bertz CT molecular complexity index is 638. The number of urea groups is 1. The van der Waals surface area contributed by atoms with Crippen LogP contribution in [0.1, 0.15) is 16.6 Å². The van der Waals surface area contributed by atoms with Crippen molar-refractivity contribution in [1.29, 1.82) is 0 Å². The summed E-state index contributed by atoms with van der Waals surface area (Å²) in [5.74, 6) is -0.631. The van der Waals surface area contributed by atoms with Crippen LogP contribution in [0.3, 0.4) is 0 Å². The lowest BCUT2D eigenvalue weighted by molar-refractivity contribution is 0.100. The van der Waals surface area contributed by atoms with Crippen molar-refractivity contribution in [3.63, 3.8) is 0 Å². The van der Waals surface area contributed by atoms with Crippen LogP contribution in [-0.2, 0) is 9.84 Å². The van der Waals surface area contributed by atoms with Crippen LogP contribution in [0.25, 0.3) is 0 Å². The van der Waals surface area contributed by atoms with Crippen LogP contribution in [0.2, 0.25) is 0 Å². The van der Waals surface area contributed by atoms with Crippen molar-refractivity contribution in [2.24, 2.45) is 11.7 Å². The Morgan fingerprint density at radius 1 is 1.40 bits per heavy atom. The standard InChI is InChI=1S/C11H15N3O4S2/c1-6-4-20(17,18)5-8(6)14-11(16)13-7-2-9(10(12)15)19-3-7/h2-3,6,8H,4-5H2,1H3,(H2,12,15)(H2,13,14,16)/t6-,8+/m1/s1. The van der Waals surface area contributed by atoms with Crippen molar-refractivity contribution < 1.29 is 18.0 Å². The number of thiophene rings is 1. The van der Waals surface area contributed by atoms with Gasteiger partial charge in [-0.1, -0.05) is 6.92 Å². The van der Waals surface area contributed by atoms with Gasteiger partial charge < -0.3 is 16.4 Å². The zero-order valence-electron chi connectivity index (χ0n) is 10.8. The molecule has 2 atom stereocenters. The molecule has 2 heterocycles. The van der Waals surface area contributed by atoms with Gasteiger partial charge in [0.05, 0.1) is 22.1 Å². The van der Waals surface area contributed by atoms with Crippen molar-refractivity contribution in [3.8, 4) is 0 Å². The SMILES string of the molecule is C[C@@H]1CS(=O)(=O)C[C@@H]1NC(=O)Nc1csc(C(N)=O)c1. The molecule has 0 aromatic carbocycles. The quantitative estimate of drug-likeness (QED) is 0.747. The maximum atomic E-state index is 11.8. The summed E-state index contributed by atoms with van der Waals surface area (Å²) in [6.45, 7) is 1.78. The summed E-state index contributed by atoms with van der Waals surface area (Å²) in [6, 6.07) is 0.587. The number of nitrogens with one attached hydrogen (secondary N) is 2. The molecule has 1 fully saturated rings. The van der Waals surface area contributed by atoms with E-state index in [-0.39, 0.29) is 17.4 Å². The third kappa shape index (κ3) is 3.48. The van der Waals surface area contributed by atoms with E-state index in [4.69, 9.17) is 5.73 Å². The Kier molecular flexibility index (Phi) is 4.00. The zero-order chi connectivity index (χ0) is 14.9. The Morgan fingerprint density at radius 2 is 2.10 bits per heavy atom. The van der Waals surface area contributed by atoms with Crippen molar-refractivity contribution in [1.82, 2.24) is 5.32 Å². The van der Waals surface area contributed by atoms with E-state index in [0.29, 0.717) is 10.6 Å². The van der Waals surface area contributed by atoms with E-state index in [9.17, 15) is 18.0 Å². The molecule has 9 heteroatoms. The minimum Gasteiger partial charge on any atom is -0.365 e. The van der Waals surface area contributed by atoms with Crippen LogP contribution in [0.4, 0.5) is 10.5 Å². The monoisotopic (exact) mass is 317 g/mol. The van der Waals surface area contributed by atoms with Gasteiger partial charge in [0.2, 0.25) is 0 Å². The number of rotatable bonds is 3. The fourth-order valence-corrected chi connectivity index (χ4v) is 4.89. The van der Waals surface area contributed by atoms with Gasteiger partial charge in [0.1, 0.15) is 0 Å². The Hall–Kier alpha value is -1.61. The predicted octanol–water partition coefficient (Wildman–Crippen LogP) is 0.402.